The molecule has 0 saturated carbocycles. The predicted molar refractivity (Wildman–Crippen MR) is 75.1 cm³/mol. The molecule has 104 valence electrons. The second-order valence-corrected chi connectivity index (χ2v) is 5.19. The minimum Gasteiger partial charge on any atom is -0.449 e. The van der Waals surface area contributed by atoms with E-state index in [2.05, 4.69) is 23.2 Å². The van der Waals surface area contributed by atoms with E-state index in [1.165, 1.54) is 11.1 Å². The van der Waals surface area contributed by atoms with E-state index < -0.39 is 0 Å². The number of rotatable bonds is 3. The molecule has 1 amide bonds. The highest BCUT2D eigenvalue weighted by atomic mass is 16.3. The molecule has 2 heterocycles. The van der Waals surface area contributed by atoms with Crippen molar-refractivity contribution >= 4 is 5.91 Å². The summed E-state index contributed by atoms with van der Waals surface area (Å²) in [6, 6.07) is 8.35. The molecule has 0 spiro atoms. The molecule has 20 heavy (non-hydrogen) atoms. The van der Waals surface area contributed by atoms with Gasteiger partial charge in [-0.15, -0.1) is 0 Å². The van der Waals surface area contributed by atoms with Crippen molar-refractivity contribution in [2.75, 3.05) is 6.54 Å². The zero-order valence-electron chi connectivity index (χ0n) is 11.6. The average Bonchev–Trinajstić information content (AvgIpc) is 2.90. The summed E-state index contributed by atoms with van der Waals surface area (Å²) in [5.41, 5.74) is 3.49. The van der Waals surface area contributed by atoms with Crippen LogP contribution in [0.3, 0.4) is 0 Å². The lowest BCUT2D eigenvalue weighted by atomic mass is 9.99. The van der Waals surface area contributed by atoms with Gasteiger partial charge in [0.15, 0.2) is 5.89 Å². The minimum absolute atomic E-state index is 0.195. The van der Waals surface area contributed by atoms with Gasteiger partial charge >= 0.3 is 0 Å². The molecule has 4 nitrogen and oxygen atoms in total. The summed E-state index contributed by atoms with van der Waals surface area (Å²) in [5.74, 6) is 0.847. The second-order valence-electron chi connectivity index (χ2n) is 5.19. The number of nitrogens with zero attached hydrogens (tertiary/aromatic N) is 2. The van der Waals surface area contributed by atoms with Gasteiger partial charge in [-0.25, -0.2) is 4.98 Å². The van der Waals surface area contributed by atoms with Gasteiger partial charge in [-0.2, -0.15) is 0 Å². The van der Waals surface area contributed by atoms with E-state index >= 15 is 0 Å². The molecule has 0 N–H and O–H groups in total. The lowest BCUT2D eigenvalue weighted by Crippen LogP contribution is -2.36. The van der Waals surface area contributed by atoms with E-state index in [-0.39, 0.29) is 5.91 Å². The molecular formula is C16H18N2O2. The zero-order valence-corrected chi connectivity index (χ0v) is 11.6. The van der Waals surface area contributed by atoms with Crippen LogP contribution in [0.15, 0.2) is 34.9 Å². The van der Waals surface area contributed by atoms with Crippen LogP contribution in [0.4, 0.5) is 0 Å². The van der Waals surface area contributed by atoms with Gasteiger partial charge in [0.05, 0.1) is 5.69 Å². The van der Waals surface area contributed by atoms with Gasteiger partial charge in [0, 0.05) is 32.9 Å². The first-order valence-corrected chi connectivity index (χ1v) is 6.98. The van der Waals surface area contributed by atoms with Crippen LogP contribution < -0.4 is 0 Å². The van der Waals surface area contributed by atoms with E-state index in [0.717, 1.165) is 25.2 Å². The number of amides is 1. The number of hydrogen-bond acceptors (Lipinski definition) is 3. The molecule has 0 saturated heterocycles. The standard InChI is InChI=1S/C16H18N2O2/c1-12-17-15(11-20-12)6-7-16(19)18-9-8-13-4-2-3-5-14(13)10-18/h2-5,11H,6-10H2,1H3. The van der Waals surface area contributed by atoms with Crippen LogP contribution in [0.25, 0.3) is 0 Å². The lowest BCUT2D eigenvalue weighted by molar-refractivity contribution is -0.132. The Bertz CT molecular complexity index is 618. The van der Waals surface area contributed by atoms with Crippen LogP contribution in [0.2, 0.25) is 0 Å². The number of fused-ring (bicyclic) bond motifs is 1. The molecule has 0 fully saturated rings. The highest BCUT2D eigenvalue weighted by Crippen LogP contribution is 2.19. The summed E-state index contributed by atoms with van der Waals surface area (Å²) in [7, 11) is 0. The van der Waals surface area contributed by atoms with E-state index in [9.17, 15) is 4.79 Å². The van der Waals surface area contributed by atoms with E-state index in [1.54, 1.807) is 6.26 Å². The molecule has 1 aliphatic rings. The Kier molecular flexibility index (Phi) is 3.54. The van der Waals surface area contributed by atoms with Crippen molar-refractivity contribution in [3.63, 3.8) is 0 Å². The molecule has 1 aromatic carbocycles. The molecule has 1 aromatic heterocycles. The fraction of sp³-hybridized carbons (Fsp3) is 0.375. The van der Waals surface area contributed by atoms with Crippen molar-refractivity contribution in [2.24, 2.45) is 0 Å². The van der Waals surface area contributed by atoms with Crippen molar-refractivity contribution in [2.45, 2.75) is 32.7 Å². The minimum atomic E-state index is 0.195. The van der Waals surface area contributed by atoms with Gasteiger partial charge in [-0.1, -0.05) is 24.3 Å². The third-order valence-corrected chi connectivity index (χ3v) is 3.74. The van der Waals surface area contributed by atoms with Crippen molar-refractivity contribution in [3.8, 4) is 0 Å². The normalized spacial score (nSPS) is 14.2. The van der Waals surface area contributed by atoms with E-state index in [1.807, 2.05) is 17.9 Å². The molecule has 0 bridgehead atoms. The largest absolute Gasteiger partial charge is 0.449 e. The number of aromatic nitrogens is 1. The maximum absolute atomic E-state index is 12.3. The monoisotopic (exact) mass is 270 g/mol. The number of hydrogen-bond donors (Lipinski definition) is 0. The first-order valence-electron chi connectivity index (χ1n) is 6.98. The highest BCUT2D eigenvalue weighted by molar-refractivity contribution is 5.76. The summed E-state index contributed by atoms with van der Waals surface area (Å²) >= 11 is 0. The van der Waals surface area contributed by atoms with E-state index in [4.69, 9.17) is 4.42 Å². The highest BCUT2D eigenvalue weighted by Gasteiger charge is 2.20. The number of benzene rings is 1. The first kappa shape index (κ1) is 12.9. The SMILES string of the molecule is Cc1nc(CCC(=O)N2CCc3ccccc3C2)co1. The molecule has 4 heteroatoms. The summed E-state index contributed by atoms with van der Waals surface area (Å²) in [6.07, 6.45) is 3.72. The predicted octanol–water partition coefficient (Wildman–Crippen LogP) is 2.50. The number of carbonyl (C=O) groups excluding carboxylic acids is 1. The first-order chi connectivity index (χ1) is 9.72. The maximum atomic E-state index is 12.3. The topological polar surface area (TPSA) is 46.3 Å². The summed E-state index contributed by atoms with van der Waals surface area (Å²) in [6.45, 7) is 3.35. The lowest BCUT2D eigenvalue weighted by Gasteiger charge is -2.28. The third kappa shape index (κ3) is 2.74. The Morgan fingerprint density at radius 1 is 1.35 bits per heavy atom. The Morgan fingerprint density at radius 2 is 2.15 bits per heavy atom. The van der Waals surface area contributed by atoms with Crippen LogP contribution >= 0.6 is 0 Å². The number of oxazole rings is 1. The van der Waals surface area contributed by atoms with Crippen molar-refractivity contribution < 1.29 is 9.21 Å². The average molecular weight is 270 g/mol. The van der Waals surface area contributed by atoms with E-state index in [0.29, 0.717) is 18.7 Å². The molecular weight excluding hydrogens is 252 g/mol. The van der Waals surface area contributed by atoms with Crippen LogP contribution in [0, 0.1) is 6.92 Å². The Balaban J connectivity index is 1.59. The van der Waals surface area contributed by atoms with Gasteiger partial charge < -0.3 is 9.32 Å². The van der Waals surface area contributed by atoms with Crippen LogP contribution in [-0.2, 0) is 24.2 Å². The van der Waals surface area contributed by atoms with Crippen LogP contribution in [0.1, 0.15) is 29.1 Å². The summed E-state index contributed by atoms with van der Waals surface area (Å²) in [5, 5.41) is 0. The van der Waals surface area contributed by atoms with Gasteiger partial charge in [-0.05, 0) is 17.5 Å². The Morgan fingerprint density at radius 3 is 2.90 bits per heavy atom. The Labute approximate surface area is 118 Å². The van der Waals surface area contributed by atoms with Crippen LogP contribution in [0.5, 0.6) is 0 Å². The quantitative estimate of drug-likeness (QED) is 0.861. The Hall–Kier alpha value is -2.10. The van der Waals surface area contributed by atoms with Crippen molar-refractivity contribution in [1.29, 1.82) is 0 Å². The third-order valence-electron chi connectivity index (χ3n) is 3.74. The molecule has 0 atom stereocenters. The molecule has 0 radical (unpaired) electrons. The van der Waals surface area contributed by atoms with Crippen molar-refractivity contribution in [3.05, 3.63) is 53.2 Å². The fourth-order valence-electron chi connectivity index (χ4n) is 2.62. The fourth-order valence-corrected chi connectivity index (χ4v) is 2.62. The molecule has 1 aliphatic heterocycles. The van der Waals surface area contributed by atoms with Gasteiger partial charge in [-0.3, -0.25) is 4.79 Å². The smallest absolute Gasteiger partial charge is 0.223 e. The number of aryl methyl sites for hydroxylation is 2. The summed E-state index contributed by atoms with van der Waals surface area (Å²) < 4.78 is 5.15. The maximum Gasteiger partial charge on any atom is 0.223 e. The van der Waals surface area contributed by atoms with Crippen molar-refractivity contribution in [1.82, 2.24) is 9.88 Å². The number of carbonyl (C=O) groups is 1. The molecule has 0 aliphatic carbocycles. The molecule has 0 unspecified atom stereocenters. The van der Waals surface area contributed by atoms with Gasteiger partial charge in [0.25, 0.3) is 0 Å². The second kappa shape index (κ2) is 5.49. The van der Waals surface area contributed by atoms with Crippen LogP contribution in [-0.4, -0.2) is 22.3 Å². The summed E-state index contributed by atoms with van der Waals surface area (Å²) in [4.78, 5) is 18.4. The zero-order chi connectivity index (χ0) is 13.9. The molecule has 2 aromatic rings. The van der Waals surface area contributed by atoms with Gasteiger partial charge in [0.1, 0.15) is 6.26 Å². The molecule has 3 rings (SSSR count). The van der Waals surface area contributed by atoms with Gasteiger partial charge in [0.2, 0.25) is 5.91 Å².